The Labute approximate surface area is 97.1 Å². The third-order valence-corrected chi connectivity index (χ3v) is 3.17. The number of hydrogen-bond donors (Lipinski definition) is 1. The Morgan fingerprint density at radius 2 is 2.27 bits per heavy atom. The third kappa shape index (κ3) is 5.28. The van der Waals surface area contributed by atoms with Crippen LogP contribution in [0.4, 0.5) is 0 Å². The minimum atomic E-state index is 0.753. The van der Waals surface area contributed by atoms with Crippen molar-refractivity contribution in [2.75, 3.05) is 13.1 Å². The van der Waals surface area contributed by atoms with Crippen LogP contribution in [0.3, 0.4) is 0 Å². The van der Waals surface area contributed by atoms with E-state index in [0.29, 0.717) is 0 Å². The van der Waals surface area contributed by atoms with E-state index in [2.05, 4.69) is 29.5 Å². The maximum absolute atomic E-state index is 4.36. The molecule has 86 valence electrons. The molecule has 1 rings (SSSR count). The highest BCUT2D eigenvalue weighted by atomic mass is 32.1. The van der Waals surface area contributed by atoms with E-state index in [9.17, 15) is 0 Å². The minimum absolute atomic E-state index is 0.753. The Hall–Kier alpha value is -0.410. The highest BCUT2D eigenvalue weighted by molar-refractivity contribution is 7.07. The van der Waals surface area contributed by atoms with Crippen molar-refractivity contribution in [2.24, 2.45) is 5.92 Å². The molecule has 1 aromatic heterocycles. The molecule has 0 spiro atoms. The number of aromatic nitrogens is 1. The zero-order valence-electron chi connectivity index (χ0n) is 9.83. The summed E-state index contributed by atoms with van der Waals surface area (Å²) >= 11 is 1.70. The number of nitrogens with zero attached hydrogens (tertiary/aromatic N) is 1. The molecular weight excluding hydrogens is 204 g/mol. The zero-order chi connectivity index (χ0) is 10.9. The van der Waals surface area contributed by atoms with Gasteiger partial charge in [0.1, 0.15) is 0 Å². The lowest BCUT2D eigenvalue weighted by Crippen LogP contribution is -2.25. The van der Waals surface area contributed by atoms with E-state index in [-0.39, 0.29) is 0 Å². The van der Waals surface area contributed by atoms with E-state index in [1.54, 1.807) is 11.3 Å². The molecule has 1 aromatic rings. The van der Waals surface area contributed by atoms with Crippen LogP contribution in [0.1, 0.15) is 38.8 Å². The molecule has 0 saturated carbocycles. The summed E-state index contributed by atoms with van der Waals surface area (Å²) in [6, 6.07) is 0. The molecule has 0 fully saturated rings. The van der Waals surface area contributed by atoms with Gasteiger partial charge in [-0.25, -0.2) is 4.98 Å². The fraction of sp³-hybridized carbons (Fsp3) is 0.750. The van der Waals surface area contributed by atoms with Gasteiger partial charge in [0.25, 0.3) is 0 Å². The van der Waals surface area contributed by atoms with Crippen molar-refractivity contribution in [2.45, 2.75) is 39.5 Å². The average molecular weight is 226 g/mol. The molecule has 15 heavy (non-hydrogen) atoms. The highest BCUT2D eigenvalue weighted by Gasteiger charge is 2.09. The van der Waals surface area contributed by atoms with Gasteiger partial charge < -0.3 is 5.32 Å². The Bertz CT molecular complexity index is 234. The Kier molecular flexibility index (Phi) is 6.60. The molecule has 1 N–H and O–H groups in total. The molecule has 0 saturated heterocycles. The van der Waals surface area contributed by atoms with E-state index in [1.165, 1.54) is 25.0 Å². The van der Waals surface area contributed by atoms with Crippen LogP contribution in [0.5, 0.6) is 0 Å². The van der Waals surface area contributed by atoms with Gasteiger partial charge in [-0.1, -0.05) is 20.3 Å². The van der Waals surface area contributed by atoms with Gasteiger partial charge in [0.05, 0.1) is 11.2 Å². The Balaban J connectivity index is 2.29. The third-order valence-electron chi connectivity index (χ3n) is 2.54. The Morgan fingerprint density at radius 3 is 2.87 bits per heavy atom. The number of rotatable bonds is 8. The molecule has 1 atom stereocenters. The molecule has 0 aromatic carbocycles. The maximum Gasteiger partial charge on any atom is 0.0794 e. The largest absolute Gasteiger partial charge is 0.316 e. The molecule has 0 aliphatic heterocycles. The topological polar surface area (TPSA) is 24.9 Å². The van der Waals surface area contributed by atoms with Gasteiger partial charge in [0.2, 0.25) is 0 Å². The van der Waals surface area contributed by atoms with Gasteiger partial charge in [-0.2, -0.15) is 0 Å². The van der Waals surface area contributed by atoms with Crippen molar-refractivity contribution in [3.8, 4) is 0 Å². The van der Waals surface area contributed by atoms with Crippen LogP contribution < -0.4 is 5.32 Å². The predicted octanol–water partition coefficient (Wildman–Crippen LogP) is 3.10. The molecule has 0 amide bonds. The van der Waals surface area contributed by atoms with Crippen LogP contribution in [0.2, 0.25) is 0 Å². The summed E-state index contributed by atoms with van der Waals surface area (Å²) in [5.74, 6) is 0.753. The molecule has 0 aliphatic rings. The molecule has 2 nitrogen and oxygen atoms in total. The summed E-state index contributed by atoms with van der Waals surface area (Å²) in [6.45, 7) is 6.74. The fourth-order valence-electron chi connectivity index (χ4n) is 1.80. The first-order chi connectivity index (χ1) is 7.36. The molecule has 0 radical (unpaired) electrons. The Morgan fingerprint density at radius 1 is 1.40 bits per heavy atom. The molecule has 1 unspecified atom stereocenters. The summed E-state index contributed by atoms with van der Waals surface area (Å²) in [4.78, 5) is 4.36. The van der Waals surface area contributed by atoms with E-state index in [4.69, 9.17) is 0 Å². The lowest BCUT2D eigenvalue weighted by molar-refractivity contribution is 0.436. The van der Waals surface area contributed by atoms with Crippen LogP contribution in [0, 0.1) is 5.92 Å². The van der Waals surface area contributed by atoms with Crippen molar-refractivity contribution >= 4 is 11.3 Å². The van der Waals surface area contributed by atoms with Crippen molar-refractivity contribution < 1.29 is 0 Å². The van der Waals surface area contributed by atoms with E-state index < -0.39 is 0 Å². The van der Waals surface area contributed by atoms with Gasteiger partial charge in [-0.05, 0) is 38.3 Å². The summed E-state index contributed by atoms with van der Waals surface area (Å²) < 4.78 is 0. The van der Waals surface area contributed by atoms with Gasteiger partial charge in [0, 0.05) is 5.38 Å². The normalized spacial score (nSPS) is 12.9. The second kappa shape index (κ2) is 7.83. The van der Waals surface area contributed by atoms with Crippen molar-refractivity contribution in [1.29, 1.82) is 0 Å². The summed E-state index contributed by atoms with van der Waals surface area (Å²) in [7, 11) is 0. The molecule has 0 bridgehead atoms. The van der Waals surface area contributed by atoms with Crippen molar-refractivity contribution in [3.05, 3.63) is 16.6 Å². The van der Waals surface area contributed by atoms with Gasteiger partial charge in [-0.3, -0.25) is 0 Å². The predicted molar refractivity (Wildman–Crippen MR) is 67.4 cm³/mol. The average Bonchev–Trinajstić information content (AvgIpc) is 2.71. The molecule has 1 heterocycles. The fourth-order valence-corrected chi connectivity index (χ4v) is 2.37. The van der Waals surface area contributed by atoms with Crippen LogP contribution >= 0.6 is 11.3 Å². The zero-order valence-corrected chi connectivity index (χ0v) is 10.6. The van der Waals surface area contributed by atoms with Crippen LogP contribution in [0.15, 0.2) is 10.9 Å². The number of nitrogens with one attached hydrogen (secondary N) is 1. The van der Waals surface area contributed by atoms with Crippen molar-refractivity contribution in [3.63, 3.8) is 0 Å². The first kappa shape index (κ1) is 12.7. The van der Waals surface area contributed by atoms with Gasteiger partial charge in [-0.15, -0.1) is 11.3 Å². The SMILES string of the molecule is CCCNCC(CCC)Cc1cscn1. The highest BCUT2D eigenvalue weighted by Crippen LogP contribution is 2.13. The second-order valence-electron chi connectivity index (χ2n) is 4.04. The lowest BCUT2D eigenvalue weighted by Gasteiger charge is -2.15. The smallest absolute Gasteiger partial charge is 0.0794 e. The first-order valence-electron chi connectivity index (χ1n) is 5.94. The maximum atomic E-state index is 4.36. The van der Waals surface area contributed by atoms with E-state index in [0.717, 1.165) is 25.4 Å². The van der Waals surface area contributed by atoms with Crippen LogP contribution in [0.25, 0.3) is 0 Å². The summed E-state index contributed by atoms with van der Waals surface area (Å²) in [6.07, 6.45) is 4.92. The van der Waals surface area contributed by atoms with Crippen LogP contribution in [-0.2, 0) is 6.42 Å². The van der Waals surface area contributed by atoms with Gasteiger partial charge >= 0.3 is 0 Å². The van der Waals surface area contributed by atoms with Crippen molar-refractivity contribution in [1.82, 2.24) is 10.3 Å². The minimum Gasteiger partial charge on any atom is -0.316 e. The monoisotopic (exact) mass is 226 g/mol. The quantitative estimate of drug-likeness (QED) is 0.689. The van der Waals surface area contributed by atoms with E-state index >= 15 is 0 Å². The number of hydrogen-bond acceptors (Lipinski definition) is 3. The molecule has 3 heteroatoms. The summed E-state index contributed by atoms with van der Waals surface area (Å²) in [5, 5.41) is 5.68. The molecular formula is C12H22N2S. The van der Waals surface area contributed by atoms with Crippen LogP contribution in [-0.4, -0.2) is 18.1 Å². The number of thiazole rings is 1. The van der Waals surface area contributed by atoms with E-state index in [1.807, 2.05) is 5.51 Å². The standard InChI is InChI=1S/C12H22N2S/c1-3-5-11(8-13-6-4-2)7-12-9-15-10-14-12/h9-11,13H,3-8H2,1-2H3. The lowest BCUT2D eigenvalue weighted by atomic mass is 9.98. The molecule has 0 aliphatic carbocycles. The first-order valence-corrected chi connectivity index (χ1v) is 6.88. The summed E-state index contributed by atoms with van der Waals surface area (Å²) in [5.41, 5.74) is 3.19. The second-order valence-corrected chi connectivity index (χ2v) is 4.76. The van der Waals surface area contributed by atoms with Gasteiger partial charge in [0.15, 0.2) is 0 Å².